The average Bonchev–Trinajstić information content (AvgIpc) is 2.70. The number of amides is 1. The zero-order valence-electron chi connectivity index (χ0n) is 16.1. The van der Waals surface area contributed by atoms with Crippen LogP contribution in [0.25, 0.3) is 0 Å². The molecule has 1 amide bonds. The Bertz CT molecular complexity index is 864. The summed E-state index contributed by atoms with van der Waals surface area (Å²) >= 11 is 0. The van der Waals surface area contributed by atoms with Crippen molar-refractivity contribution in [1.82, 2.24) is 4.90 Å². The molecule has 3 rings (SSSR count). The number of nitrogens with zero attached hydrogens (tertiary/aromatic N) is 2. The molecule has 1 heterocycles. The van der Waals surface area contributed by atoms with E-state index in [1.807, 2.05) is 6.07 Å². The summed E-state index contributed by atoms with van der Waals surface area (Å²) in [6, 6.07) is 8.20. The van der Waals surface area contributed by atoms with E-state index in [1.165, 1.54) is 16.8 Å². The van der Waals surface area contributed by atoms with Crippen molar-refractivity contribution in [2.45, 2.75) is 20.3 Å². The van der Waals surface area contributed by atoms with Crippen LogP contribution in [-0.4, -0.2) is 43.5 Å². The summed E-state index contributed by atoms with van der Waals surface area (Å²) in [5.41, 5.74) is 3.54. The normalized spacial score (nSPS) is 14.3. The molecule has 0 aromatic heterocycles. The topological polar surface area (TPSA) is 35.6 Å². The van der Waals surface area contributed by atoms with Crippen molar-refractivity contribution < 1.29 is 18.0 Å². The lowest BCUT2D eigenvalue weighted by Crippen LogP contribution is -2.49. The lowest BCUT2D eigenvalue weighted by Gasteiger charge is -2.37. The summed E-state index contributed by atoms with van der Waals surface area (Å²) in [6.07, 6.45) is 0.155. The second-order valence-corrected chi connectivity index (χ2v) is 6.99. The Hall–Kier alpha value is -2.70. The van der Waals surface area contributed by atoms with Crippen LogP contribution in [0.1, 0.15) is 17.5 Å². The van der Waals surface area contributed by atoms with Gasteiger partial charge in [-0.05, 0) is 43.2 Å². The van der Waals surface area contributed by atoms with Crippen LogP contribution in [0.3, 0.4) is 0 Å². The minimum Gasteiger partial charge on any atom is -0.382 e. The van der Waals surface area contributed by atoms with Crippen molar-refractivity contribution in [3.05, 3.63) is 58.9 Å². The third-order valence-corrected chi connectivity index (χ3v) is 5.24. The molecule has 0 bridgehead atoms. The summed E-state index contributed by atoms with van der Waals surface area (Å²) in [5.74, 6) is -4.06. The maximum Gasteiger partial charge on any atom is 0.224 e. The zero-order valence-corrected chi connectivity index (χ0v) is 16.1. The summed E-state index contributed by atoms with van der Waals surface area (Å²) in [4.78, 5) is 16.5. The first-order valence-corrected chi connectivity index (χ1v) is 9.35. The first-order valence-electron chi connectivity index (χ1n) is 9.35. The number of aryl methyl sites for hydroxylation is 1. The fourth-order valence-electron chi connectivity index (χ4n) is 3.40. The smallest absolute Gasteiger partial charge is 0.224 e. The Kier molecular flexibility index (Phi) is 6.11. The van der Waals surface area contributed by atoms with Gasteiger partial charge >= 0.3 is 0 Å². The molecule has 0 radical (unpaired) electrons. The van der Waals surface area contributed by atoms with E-state index in [2.05, 4.69) is 36.2 Å². The first kappa shape index (κ1) is 20.0. The summed E-state index contributed by atoms with van der Waals surface area (Å²) in [7, 11) is 0. The first-order chi connectivity index (χ1) is 13.4. The van der Waals surface area contributed by atoms with E-state index in [4.69, 9.17) is 0 Å². The summed E-state index contributed by atoms with van der Waals surface area (Å²) in [6.45, 7) is 7.07. The van der Waals surface area contributed by atoms with Crippen molar-refractivity contribution >= 4 is 17.3 Å². The molecule has 1 aliphatic rings. The average molecular weight is 391 g/mol. The number of piperazine rings is 1. The number of benzene rings is 2. The highest BCUT2D eigenvalue weighted by atomic mass is 19.2. The van der Waals surface area contributed by atoms with Crippen LogP contribution in [0.15, 0.2) is 30.3 Å². The minimum atomic E-state index is -1.51. The van der Waals surface area contributed by atoms with Crippen LogP contribution in [0.4, 0.5) is 24.5 Å². The van der Waals surface area contributed by atoms with Gasteiger partial charge in [-0.2, -0.15) is 0 Å². The van der Waals surface area contributed by atoms with E-state index in [1.54, 1.807) is 4.90 Å². The van der Waals surface area contributed by atoms with Gasteiger partial charge in [0.1, 0.15) is 0 Å². The van der Waals surface area contributed by atoms with Gasteiger partial charge in [-0.3, -0.25) is 4.79 Å². The molecule has 4 nitrogen and oxygen atoms in total. The van der Waals surface area contributed by atoms with Gasteiger partial charge in [0.05, 0.1) is 5.69 Å². The van der Waals surface area contributed by atoms with Crippen molar-refractivity contribution in [2.24, 2.45) is 0 Å². The summed E-state index contributed by atoms with van der Waals surface area (Å²) < 4.78 is 39.8. The van der Waals surface area contributed by atoms with Crippen molar-refractivity contribution in [3.63, 3.8) is 0 Å². The van der Waals surface area contributed by atoms with Crippen molar-refractivity contribution in [2.75, 3.05) is 42.9 Å². The number of hydrogen-bond acceptors (Lipinski definition) is 3. The SMILES string of the molecule is Cc1cccc(N2CCN(C(=O)CCNc3ccc(F)c(F)c3F)CC2)c1C. The molecule has 0 aliphatic carbocycles. The number of halogens is 3. The second-order valence-electron chi connectivity index (χ2n) is 6.99. The molecule has 2 aromatic carbocycles. The van der Waals surface area contributed by atoms with Gasteiger partial charge in [0.25, 0.3) is 0 Å². The van der Waals surface area contributed by atoms with E-state index in [9.17, 15) is 18.0 Å². The number of carbonyl (C=O) groups excluding carboxylic acids is 1. The van der Waals surface area contributed by atoms with Gasteiger partial charge in [0, 0.05) is 44.8 Å². The molecule has 1 fully saturated rings. The van der Waals surface area contributed by atoms with Crippen LogP contribution < -0.4 is 10.2 Å². The summed E-state index contributed by atoms with van der Waals surface area (Å²) in [5, 5.41) is 2.66. The number of anilines is 2. The Balaban J connectivity index is 1.49. The van der Waals surface area contributed by atoms with Crippen LogP contribution in [0.5, 0.6) is 0 Å². The Morgan fingerprint density at radius 1 is 1.00 bits per heavy atom. The molecule has 150 valence electrons. The highest BCUT2D eigenvalue weighted by Gasteiger charge is 2.22. The van der Waals surface area contributed by atoms with Crippen LogP contribution in [-0.2, 0) is 4.79 Å². The Morgan fingerprint density at radius 3 is 2.43 bits per heavy atom. The quantitative estimate of drug-likeness (QED) is 0.786. The van der Waals surface area contributed by atoms with Gasteiger partial charge in [-0.25, -0.2) is 13.2 Å². The molecule has 0 atom stereocenters. The van der Waals surface area contributed by atoms with Gasteiger partial charge in [-0.15, -0.1) is 0 Å². The molecule has 28 heavy (non-hydrogen) atoms. The monoisotopic (exact) mass is 391 g/mol. The van der Waals surface area contributed by atoms with E-state index < -0.39 is 17.5 Å². The minimum absolute atomic E-state index is 0.0453. The van der Waals surface area contributed by atoms with Crippen LogP contribution in [0.2, 0.25) is 0 Å². The fraction of sp³-hybridized carbons (Fsp3) is 0.381. The van der Waals surface area contributed by atoms with Gasteiger partial charge in [0.2, 0.25) is 5.91 Å². The van der Waals surface area contributed by atoms with Crippen LogP contribution >= 0.6 is 0 Å². The van der Waals surface area contributed by atoms with E-state index in [-0.39, 0.29) is 24.6 Å². The standard InChI is InChI=1S/C21H24F3N3O/c1-14-4-3-5-18(15(14)2)26-10-12-27(13-11-26)19(28)8-9-25-17-7-6-16(22)20(23)21(17)24/h3-7,25H,8-13H2,1-2H3. The predicted molar refractivity (Wildman–Crippen MR) is 104 cm³/mol. The maximum atomic E-state index is 13.6. The molecule has 1 saturated heterocycles. The number of rotatable bonds is 5. The molecule has 1 N–H and O–H groups in total. The van der Waals surface area contributed by atoms with Crippen molar-refractivity contribution in [3.8, 4) is 0 Å². The Labute approximate surface area is 162 Å². The van der Waals surface area contributed by atoms with Gasteiger partial charge < -0.3 is 15.1 Å². The third-order valence-electron chi connectivity index (χ3n) is 5.24. The maximum absolute atomic E-state index is 13.6. The fourth-order valence-corrected chi connectivity index (χ4v) is 3.40. The van der Waals surface area contributed by atoms with E-state index in [0.29, 0.717) is 13.1 Å². The van der Waals surface area contributed by atoms with E-state index in [0.717, 1.165) is 25.2 Å². The lowest BCUT2D eigenvalue weighted by molar-refractivity contribution is -0.131. The number of carbonyl (C=O) groups is 1. The van der Waals surface area contributed by atoms with E-state index >= 15 is 0 Å². The highest BCUT2D eigenvalue weighted by molar-refractivity contribution is 5.77. The molecule has 2 aromatic rings. The van der Waals surface area contributed by atoms with Crippen molar-refractivity contribution in [1.29, 1.82) is 0 Å². The lowest BCUT2D eigenvalue weighted by atomic mass is 10.1. The van der Waals surface area contributed by atoms with Gasteiger partial charge in [-0.1, -0.05) is 12.1 Å². The molecule has 7 heteroatoms. The zero-order chi connectivity index (χ0) is 20.3. The highest BCUT2D eigenvalue weighted by Crippen LogP contribution is 2.24. The molecule has 0 spiro atoms. The largest absolute Gasteiger partial charge is 0.382 e. The molecule has 0 saturated carbocycles. The molecule has 1 aliphatic heterocycles. The molecule has 0 unspecified atom stereocenters. The van der Waals surface area contributed by atoms with Gasteiger partial charge in [0.15, 0.2) is 17.5 Å². The third kappa shape index (κ3) is 4.24. The number of hydrogen-bond donors (Lipinski definition) is 1. The number of nitrogens with one attached hydrogen (secondary N) is 1. The van der Waals surface area contributed by atoms with Crippen LogP contribution in [0, 0.1) is 31.3 Å². The molecular weight excluding hydrogens is 367 g/mol. The Morgan fingerprint density at radius 2 is 1.71 bits per heavy atom. The predicted octanol–water partition coefficient (Wildman–Crippen LogP) is 3.87. The molecular formula is C21H24F3N3O. The second kappa shape index (κ2) is 8.54.